The lowest BCUT2D eigenvalue weighted by atomic mass is 9.98. The monoisotopic (exact) mass is 226 g/mol. The van der Waals surface area contributed by atoms with Crippen LogP contribution in [0.3, 0.4) is 0 Å². The number of nitrogens with zero attached hydrogens (tertiary/aromatic N) is 1. The third-order valence-electron chi connectivity index (χ3n) is 3.76. The van der Waals surface area contributed by atoms with Gasteiger partial charge in [0.25, 0.3) is 0 Å². The zero-order chi connectivity index (χ0) is 11.5. The second-order valence-corrected chi connectivity index (χ2v) is 4.93. The van der Waals surface area contributed by atoms with E-state index in [4.69, 9.17) is 4.74 Å². The van der Waals surface area contributed by atoms with Gasteiger partial charge in [0.2, 0.25) is 0 Å². The fourth-order valence-corrected chi connectivity index (χ4v) is 3.06. The fourth-order valence-electron chi connectivity index (χ4n) is 3.06. The van der Waals surface area contributed by atoms with Crippen LogP contribution in [0.25, 0.3) is 0 Å². The molecule has 0 aromatic rings. The SMILES string of the molecule is CCCN(C(=O)OC)C1CC2CCC(C1)N2. The van der Waals surface area contributed by atoms with Crippen molar-refractivity contribution in [3.8, 4) is 0 Å². The normalized spacial score (nSPS) is 32.5. The summed E-state index contributed by atoms with van der Waals surface area (Å²) in [6, 6.07) is 1.62. The van der Waals surface area contributed by atoms with Crippen molar-refractivity contribution in [3.05, 3.63) is 0 Å². The summed E-state index contributed by atoms with van der Waals surface area (Å²) < 4.78 is 4.88. The third-order valence-corrected chi connectivity index (χ3v) is 3.76. The van der Waals surface area contributed by atoms with E-state index < -0.39 is 0 Å². The van der Waals surface area contributed by atoms with E-state index >= 15 is 0 Å². The van der Waals surface area contributed by atoms with E-state index in [-0.39, 0.29) is 6.09 Å². The zero-order valence-electron chi connectivity index (χ0n) is 10.2. The minimum absolute atomic E-state index is 0.159. The first-order valence-electron chi connectivity index (χ1n) is 6.35. The summed E-state index contributed by atoms with van der Waals surface area (Å²) >= 11 is 0. The number of hydrogen-bond acceptors (Lipinski definition) is 3. The van der Waals surface area contributed by atoms with Crippen LogP contribution in [0.4, 0.5) is 4.79 Å². The molecule has 2 rings (SSSR count). The van der Waals surface area contributed by atoms with Crippen LogP contribution in [-0.4, -0.2) is 42.8 Å². The van der Waals surface area contributed by atoms with Crippen LogP contribution in [0.15, 0.2) is 0 Å². The van der Waals surface area contributed by atoms with Gasteiger partial charge in [-0.2, -0.15) is 0 Å². The minimum atomic E-state index is -0.159. The van der Waals surface area contributed by atoms with Crippen LogP contribution in [0.5, 0.6) is 0 Å². The van der Waals surface area contributed by atoms with Crippen LogP contribution in [0, 0.1) is 0 Å². The number of methoxy groups -OCH3 is 1. The van der Waals surface area contributed by atoms with Crippen LogP contribution in [-0.2, 0) is 4.74 Å². The summed E-state index contributed by atoms with van der Waals surface area (Å²) in [6.45, 7) is 2.92. The number of amides is 1. The molecule has 0 aromatic carbocycles. The Morgan fingerprint density at radius 2 is 2.00 bits per heavy atom. The maximum Gasteiger partial charge on any atom is 0.409 e. The van der Waals surface area contributed by atoms with Gasteiger partial charge in [-0.25, -0.2) is 4.79 Å². The zero-order valence-corrected chi connectivity index (χ0v) is 10.2. The highest BCUT2D eigenvalue weighted by Crippen LogP contribution is 2.30. The second kappa shape index (κ2) is 5.04. The lowest BCUT2D eigenvalue weighted by molar-refractivity contribution is 0.0893. The molecule has 2 saturated heterocycles. The largest absolute Gasteiger partial charge is 0.453 e. The van der Waals surface area contributed by atoms with Gasteiger partial charge in [0.1, 0.15) is 0 Å². The molecule has 0 radical (unpaired) electrons. The summed E-state index contributed by atoms with van der Waals surface area (Å²) in [7, 11) is 1.47. The summed E-state index contributed by atoms with van der Waals surface area (Å²) in [5.41, 5.74) is 0. The van der Waals surface area contributed by atoms with E-state index in [1.807, 2.05) is 4.90 Å². The van der Waals surface area contributed by atoms with Gasteiger partial charge in [0.05, 0.1) is 7.11 Å². The first kappa shape index (κ1) is 11.7. The highest BCUT2D eigenvalue weighted by Gasteiger charge is 2.37. The molecule has 2 aliphatic rings. The molecule has 2 bridgehead atoms. The topological polar surface area (TPSA) is 41.6 Å². The van der Waals surface area contributed by atoms with Gasteiger partial charge >= 0.3 is 6.09 Å². The molecule has 2 unspecified atom stereocenters. The summed E-state index contributed by atoms with van der Waals surface area (Å²) in [5.74, 6) is 0. The number of ether oxygens (including phenoxy) is 1. The summed E-state index contributed by atoms with van der Waals surface area (Å²) in [6.07, 6.45) is 5.55. The van der Waals surface area contributed by atoms with Crippen molar-refractivity contribution < 1.29 is 9.53 Å². The van der Waals surface area contributed by atoms with Crippen molar-refractivity contribution in [1.29, 1.82) is 0 Å². The number of piperidine rings is 1. The molecule has 1 amide bonds. The first-order chi connectivity index (χ1) is 7.74. The molecule has 2 fully saturated rings. The van der Waals surface area contributed by atoms with Gasteiger partial charge in [-0.05, 0) is 32.1 Å². The molecule has 2 atom stereocenters. The predicted molar refractivity (Wildman–Crippen MR) is 62.4 cm³/mol. The van der Waals surface area contributed by atoms with Gasteiger partial charge in [-0.3, -0.25) is 0 Å². The maximum absolute atomic E-state index is 11.7. The number of carbonyl (C=O) groups is 1. The Balaban J connectivity index is 1.99. The Bertz CT molecular complexity index is 245. The molecule has 0 aliphatic carbocycles. The molecular formula is C12H22N2O2. The maximum atomic E-state index is 11.7. The highest BCUT2D eigenvalue weighted by atomic mass is 16.5. The van der Waals surface area contributed by atoms with Gasteiger partial charge in [0, 0.05) is 24.7 Å². The third kappa shape index (κ3) is 2.32. The number of carbonyl (C=O) groups excluding carboxylic acids is 1. The fraction of sp³-hybridized carbons (Fsp3) is 0.917. The Hall–Kier alpha value is -0.770. The number of hydrogen-bond donors (Lipinski definition) is 1. The quantitative estimate of drug-likeness (QED) is 0.797. The number of fused-ring (bicyclic) bond motifs is 2. The van der Waals surface area contributed by atoms with E-state index in [2.05, 4.69) is 12.2 Å². The van der Waals surface area contributed by atoms with Crippen molar-refractivity contribution in [3.63, 3.8) is 0 Å². The number of rotatable bonds is 3. The molecular weight excluding hydrogens is 204 g/mol. The predicted octanol–water partition coefficient (Wildman–Crippen LogP) is 1.75. The van der Waals surface area contributed by atoms with Crippen LogP contribution < -0.4 is 5.32 Å². The molecule has 0 spiro atoms. The Morgan fingerprint density at radius 3 is 2.50 bits per heavy atom. The van der Waals surface area contributed by atoms with E-state index in [0.717, 1.165) is 25.8 Å². The molecule has 2 heterocycles. The van der Waals surface area contributed by atoms with Gasteiger partial charge in [0.15, 0.2) is 0 Å². The molecule has 16 heavy (non-hydrogen) atoms. The highest BCUT2D eigenvalue weighted by molar-refractivity contribution is 5.67. The van der Waals surface area contributed by atoms with Crippen LogP contribution in [0.2, 0.25) is 0 Å². The van der Waals surface area contributed by atoms with Crippen molar-refractivity contribution in [2.45, 2.75) is 57.2 Å². The van der Waals surface area contributed by atoms with Crippen LogP contribution in [0.1, 0.15) is 39.0 Å². The Kier molecular flexibility index (Phi) is 3.69. The lowest BCUT2D eigenvalue weighted by Gasteiger charge is -2.36. The van der Waals surface area contributed by atoms with Crippen molar-refractivity contribution in [2.24, 2.45) is 0 Å². The van der Waals surface area contributed by atoms with Crippen LogP contribution >= 0.6 is 0 Å². The molecule has 0 saturated carbocycles. The lowest BCUT2D eigenvalue weighted by Crippen LogP contribution is -2.50. The standard InChI is InChI=1S/C12H22N2O2/c1-3-6-14(12(15)16-2)11-7-9-4-5-10(8-11)13-9/h9-11,13H,3-8H2,1-2H3. The van der Waals surface area contributed by atoms with E-state index in [1.165, 1.54) is 20.0 Å². The minimum Gasteiger partial charge on any atom is -0.453 e. The molecule has 92 valence electrons. The van der Waals surface area contributed by atoms with Gasteiger partial charge in [-0.15, -0.1) is 0 Å². The molecule has 1 N–H and O–H groups in total. The average Bonchev–Trinajstić information content (AvgIpc) is 2.64. The summed E-state index contributed by atoms with van der Waals surface area (Å²) in [4.78, 5) is 13.6. The summed E-state index contributed by atoms with van der Waals surface area (Å²) in [5, 5.41) is 3.60. The smallest absolute Gasteiger partial charge is 0.409 e. The van der Waals surface area contributed by atoms with Crippen molar-refractivity contribution in [1.82, 2.24) is 10.2 Å². The molecule has 2 aliphatic heterocycles. The van der Waals surface area contributed by atoms with Gasteiger partial charge < -0.3 is 15.0 Å². The van der Waals surface area contributed by atoms with E-state index in [9.17, 15) is 4.79 Å². The second-order valence-electron chi connectivity index (χ2n) is 4.93. The van der Waals surface area contributed by atoms with Gasteiger partial charge in [-0.1, -0.05) is 6.92 Å². The molecule has 4 nitrogen and oxygen atoms in total. The van der Waals surface area contributed by atoms with Crippen molar-refractivity contribution in [2.75, 3.05) is 13.7 Å². The Morgan fingerprint density at radius 1 is 1.38 bits per heavy atom. The number of nitrogens with one attached hydrogen (secondary N) is 1. The molecule has 4 heteroatoms. The first-order valence-corrected chi connectivity index (χ1v) is 6.35. The van der Waals surface area contributed by atoms with E-state index in [1.54, 1.807) is 0 Å². The van der Waals surface area contributed by atoms with Crippen molar-refractivity contribution >= 4 is 6.09 Å². The average molecular weight is 226 g/mol. The Labute approximate surface area is 97.3 Å². The van der Waals surface area contributed by atoms with E-state index in [0.29, 0.717) is 18.1 Å². The molecule has 0 aromatic heterocycles.